The predicted octanol–water partition coefficient (Wildman–Crippen LogP) is 2.81. The van der Waals surface area contributed by atoms with E-state index in [-0.39, 0.29) is 0 Å². The van der Waals surface area contributed by atoms with Crippen molar-refractivity contribution < 1.29 is 4.74 Å². The topological polar surface area (TPSA) is 60.2 Å². The molecule has 0 aliphatic carbocycles. The van der Waals surface area contributed by atoms with E-state index in [4.69, 9.17) is 10.5 Å². The van der Waals surface area contributed by atoms with E-state index in [1.807, 2.05) is 37.3 Å². The zero-order valence-corrected chi connectivity index (χ0v) is 9.68. The minimum absolute atomic E-state index is 0.610. The van der Waals surface area contributed by atoms with Gasteiger partial charge in [-0.1, -0.05) is 12.1 Å². The highest BCUT2D eigenvalue weighted by Gasteiger charge is 2.04. The molecule has 0 amide bonds. The molecule has 0 unspecified atom stereocenters. The first-order chi connectivity index (χ1) is 8.31. The molecule has 0 bridgehead atoms. The number of nitrogens with two attached hydrogens (primary N) is 1. The molecule has 88 valence electrons. The van der Waals surface area contributed by atoms with Gasteiger partial charge in [-0.25, -0.2) is 0 Å². The summed E-state index contributed by atoms with van der Waals surface area (Å²) in [5, 5.41) is 3.24. The van der Waals surface area contributed by atoms with Gasteiger partial charge in [-0.2, -0.15) is 0 Å². The van der Waals surface area contributed by atoms with Crippen LogP contribution in [0.2, 0.25) is 0 Å². The number of hydrogen-bond acceptors (Lipinski definition) is 4. The van der Waals surface area contributed by atoms with E-state index in [2.05, 4.69) is 10.3 Å². The Bertz CT molecular complexity index is 500. The molecule has 0 saturated carbocycles. The third-order valence-electron chi connectivity index (χ3n) is 2.31. The van der Waals surface area contributed by atoms with Gasteiger partial charge in [0.2, 0.25) is 0 Å². The molecule has 0 fully saturated rings. The normalized spacial score (nSPS) is 9.94. The van der Waals surface area contributed by atoms with E-state index in [1.54, 1.807) is 12.4 Å². The van der Waals surface area contributed by atoms with Crippen molar-refractivity contribution in [2.75, 3.05) is 17.7 Å². The fourth-order valence-corrected chi connectivity index (χ4v) is 1.52. The van der Waals surface area contributed by atoms with Gasteiger partial charge >= 0.3 is 0 Å². The highest BCUT2D eigenvalue weighted by molar-refractivity contribution is 5.74. The minimum Gasteiger partial charge on any atom is -0.492 e. The zero-order chi connectivity index (χ0) is 12.1. The minimum atomic E-state index is 0.610. The molecular weight excluding hydrogens is 214 g/mol. The Morgan fingerprint density at radius 2 is 2.06 bits per heavy atom. The maximum Gasteiger partial charge on any atom is 0.142 e. The number of ether oxygens (including phenoxy) is 1. The number of aromatic nitrogens is 1. The maximum atomic E-state index is 5.83. The molecule has 3 N–H and O–H groups in total. The Morgan fingerprint density at radius 1 is 1.24 bits per heavy atom. The fraction of sp³-hybridized carbons (Fsp3) is 0.154. The number of hydrogen-bond donors (Lipinski definition) is 2. The van der Waals surface area contributed by atoms with Crippen molar-refractivity contribution in [3.63, 3.8) is 0 Å². The first-order valence-electron chi connectivity index (χ1n) is 5.49. The molecule has 0 radical (unpaired) electrons. The summed E-state index contributed by atoms with van der Waals surface area (Å²) in [4.78, 5) is 3.95. The van der Waals surface area contributed by atoms with Crippen LogP contribution in [0.1, 0.15) is 6.92 Å². The van der Waals surface area contributed by atoms with Crippen LogP contribution in [-0.4, -0.2) is 11.6 Å². The lowest BCUT2D eigenvalue weighted by Gasteiger charge is -2.13. The summed E-state index contributed by atoms with van der Waals surface area (Å²) in [6, 6.07) is 9.58. The van der Waals surface area contributed by atoms with Crippen molar-refractivity contribution in [2.45, 2.75) is 6.92 Å². The molecule has 1 aromatic carbocycles. The van der Waals surface area contributed by atoms with Crippen LogP contribution in [-0.2, 0) is 0 Å². The molecule has 0 aliphatic rings. The number of benzene rings is 1. The summed E-state index contributed by atoms with van der Waals surface area (Å²) in [5.41, 5.74) is 8.16. The Kier molecular flexibility index (Phi) is 3.45. The number of nitrogen functional groups attached to an aromatic ring is 1. The number of nitrogens with one attached hydrogen (secondary N) is 1. The predicted molar refractivity (Wildman–Crippen MR) is 69.5 cm³/mol. The van der Waals surface area contributed by atoms with E-state index >= 15 is 0 Å². The average Bonchev–Trinajstić information content (AvgIpc) is 2.35. The molecule has 0 saturated heterocycles. The van der Waals surface area contributed by atoms with Crippen molar-refractivity contribution in [3.05, 3.63) is 42.7 Å². The molecule has 4 heteroatoms. The molecule has 1 heterocycles. The number of rotatable bonds is 4. The van der Waals surface area contributed by atoms with Crippen molar-refractivity contribution in [3.8, 4) is 5.75 Å². The largest absolute Gasteiger partial charge is 0.492 e. The lowest BCUT2D eigenvalue weighted by molar-refractivity contribution is 0.342. The van der Waals surface area contributed by atoms with E-state index in [1.165, 1.54) is 0 Å². The Balaban J connectivity index is 2.27. The second-order valence-corrected chi connectivity index (χ2v) is 3.52. The second-order valence-electron chi connectivity index (χ2n) is 3.52. The third kappa shape index (κ3) is 2.66. The van der Waals surface area contributed by atoms with Gasteiger partial charge in [0.05, 0.1) is 29.9 Å². The van der Waals surface area contributed by atoms with Crippen molar-refractivity contribution >= 4 is 17.1 Å². The molecule has 2 rings (SSSR count). The first-order valence-corrected chi connectivity index (χ1v) is 5.49. The van der Waals surface area contributed by atoms with Crippen LogP contribution in [0.4, 0.5) is 17.1 Å². The molecule has 4 nitrogen and oxygen atoms in total. The SMILES string of the molecule is CCOc1ccccc1Nc1ccncc1N. The van der Waals surface area contributed by atoms with E-state index in [0.29, 0.717) is 12.3 Å². The van der Waals surface area contributed by atoms with Gasteiger partial charge in [0.15, 0.2) is 0 Å². The number of para-hydroxylation sites is 2. The molecule has 17 heavy (non-hydrogen) atoms. The quantitative estimate of drug-likeness (QED) is 0.846. The summed E-state index contributed by atoms with van der Waals surface area (Å²) in [5.74, 6) is 0.811. The zero-order valence-electron chi connectivity index (χ0n) is 9.68. The van der Waals surface area contributed by atoms with Gasteiger partial charge in [0.1, 0.15) is 5.75 Å². The number of nitrogens with zero attached hydrogens (tertiary/aromatic N) is 1. The second kappa shape index (κ2) is 5.21. The molecule has 0 aliphatic heterocycles. The van der Waals surface area contributed by atoms with Crippen LogP contribution < -0.4 is 15.8 Å². The Hall–Kier alpha value is -2.23. The molecule has 0 atom stereocenters. The summed E-state index contributed by atoms with van der Waals surface area (Å²) in [7, 11) is 0. The highest BCUT2D eigenvalue weighted by Crippen LogP contribution is 2.29. The summed E-state index contributed by atoms with van der Waals surface area (Å²) in [6.45, 7) is 2.59. The van der Waals surface area contributed by atoms with Crippen LogP contribution in [0, 0.1) is 0 Å². The molecular formula is C13H15N3O. The third-order valence-corrected chi connectivity index (χ3v) is 2.31. The maximum absolute atomic E-state index is 5.83. The van der Waals surface area contributed by atoms with Crippen molar-refractivity contribution in [1.29, 1.82) is 0 Å². The van der Waals surface area contributed by atoms with E-state index in [0.717, 1.165) is 17.1 Å². The van der Waals surface area contributed by atoms with E-state index < -0.39 is 0 Å². The lowest BCUT2D eigenvalue weighted by atomic mass is 10.2. The fourth-order valence-electron chi connectivity index (χ4n) is 1.52. The standard InChI is InChI=1S/C13H15N3O/c1-2-17-13-6-4-3-5-12(13)16-11-7-8-15-9-10(11)14/h3-9H,2,14H2,1H3,(H,15,16). The van der Waals surface area contributed by atoms with Gasteiger partial charge in [-0.15, -0.1) is 0 Å². The van der Waals surface area contributed by atoms with Crippen LogP contribution >= 0.6 is 0 Å². The Morgan fingerprint density at radius 3 is 2.82 bits per heavy atom. The number of pyridine rings is 1. The molecule has 0 spiro atoms. The van der Waals surface area contributed by atoms with E-state index in [9.17, 15) is 0 Å². The summed E-state index contributed by atoms with van der Waals surface area (Å²) >= 11 is 0. The van der Waals surface area contributed by atoms with Crippen molar-refractivity contribution in [1.82, 2.24) is 4.98 Å². The highest BCUT2D eigenvalue weighted by atomic mass is 16.5. The van der Waals surface area contributed by atoms with Crippen LogP contribution in [0.5, 0.6) is 5.75 Å². The first kappa shape index (κ1) is 11.3. The molecule has 2 aromatic rings. The van der Waals surface area contributed by atoms with Gasteiger partial charge in [-0.05, 0) is 25.1 Å². The average molecular weight is 229 g/mol. The Labute approximate surface area is 100 Å². The van der Waals surface area contributed by atoms with Gasteiger partial charge in [0, 0.05) is 6.20 Å². The monoisotopic (exact) mass is 229 g/mol. The smallest absolute Gasteiger partial charge is 0.142 e. The lowest BCUT2D eigenvalue weighted by Crippen LogP contribution is -2.00. The van der Waals surface area contributed by atoms with Gasteiger partial charge in [0.25, 0.3) is 0 Å². The van der Waals surface area contributed by atoms with Gasteiger partial charge in [-0.3, -0.25) is 4.98 Å². The molecule has 1 aromatic heterocycles. The van der Waals surface area contributed by atoms with Crippen LogP contribution in [0.25, 0.3) is 0 Å². The number of anilines is 3. The summed E-state index contributed by atoms with van der Waals surface area (Å²) in [6.07, 6.45) is 3.31. The van der Waals surface area contributed by atoms with Crippen LogP contribution in [0.3, 0.4) is 0 Å². The van der Waals surface area contributed by atoms with Crippen molar-refractivity contribution in [2.24, 2.45) is 0 Å². The van der Waals surface area contributed by atoms with Crippen LogP contribution in [0.15, 0.2) is 42.7 Å². The van der Waals surface area contributed by atoms with Gasteiger partial charge < -0.3 is 15.8 Å². The summed E-state index contributed by atoms with van der Waals surface area (Å²) < 4.78 is 5.53.